The number of benzene rings is 1. The van der Waals surface area contributed by atoms with Crippen LogP contribution in [0.25, 0.3) is 0 Å². The van der Waals surface area contributed by atoms with Crippen molar-refractivity contribution in [1.82, 2.24) is 0 Å². The summed E-state index contributed by atoms with van der Waals surface area (Å²) < 4.78 is 0. The highest BCUT2D eigenvalue weighted by Crippen LogP contribution is 2.26. The molecule has 0 aromatic heterocycles. The SMILES string of the molecule is CCc1cccc(CC)c1NC1=NCC(C)CS1. The minimum absolute atomic E-state index is 0.701. The van der Waals surface area contributed by atoms with Crippen molar-refractivity contribution in [3.05, 3.63) is 29.3 Å². The summed E-state index contributed by atoms with van der Waals surface area (Å²) in [5.41, 5.74) is 4.05. The molecule has 1 aliphatic rings. The van der Waals surface area contributed by atoms with Gasteiger partial charge >= 0.3 is 0 Å². The molecule has 0 radical (unpaired) electrons. The maximum Gasteiger partial charge on any atom is 0.161 e. The van der Waals surface area contributed by atoms with Gasteiger partial charge in [-0.15, -0.1) is 0 Å². The van der Waals surface area contributed by atoms with Crippen molar-refractivity contribution in [3.63, 3.8) is 0 Å². The van der Waals surface area contributed by atoms with Crippen LogP contribution in [0.2, 0.25) is 0 Å². The van der Waals surface area contributed by atoms with Crippen molar-refractivity contribution < 1.29 is 0 Å². The summed E-state index contributed by atoms with van der Waals surface area (Å²) in [7, 11) is 0. The Kier molecular flexibility index (Phi) is 4.70. The molecule has 0 amide bonds. The molecule has 1 atom stereocenters. The molecule has 2 rings (SSSR count). The van der Waals surface area contributed by atoms with Crippen LogP contribution in [-0.2, 0) is 12.8 Å². The number of thioether (sulfide) groups is 1. The lowest BCUT2D eigenvalue weighted by atomic mass is 10.0. The van der Waals surface area contributed by atoms with Gasteiger partial charge in [-0.05, 0) is 29.9 Å². The summed E-state index contributed by atoms with van der Waals surface area (Å²) in [6, 6.07) is 6.57. The lowest BCUT2D eigenvalue weighted by Crippen LogP contribution is -2.20. The molecule has 0 saturated heterocycles. The third-order valence-electron chi connectivity index (χ3n) is 3.28. The van der Waals surface area contributed by atoms with Gasteiger partial charge in [0.05, 0.1) is 0 Å². The molecule has 3 heteroatoms. The average molecular weight is 262 g/mol. The number of anilines is 1. The van der Waals surface area contributed by atoms with Gasteiger partial charge in [-0.25, -0.2) is 0 Å². The van der Waals surface area contributed by atoms with E-state index in [-0.39, 0.29) is 0 Å². The van der Waals surface area contributed by atoms with Crippen LogP contribution in [0.5, 0.6) is 0 Å². The predicted molar refractivity (Wildman–Crippen MR) is 82.7 cm³/mol. The highest BCUT2D eigenvalue weighted by Gasteiger charge is 2.14. The number of hydrogen-bond donors (Lipinski definition) is 1. The van der Waals surface area contributed by atoms with E-state index in [9.17, 15) is 0 Å². The third-order valence-corrected chi connectivity index (χ3v) is 4.52. The Morgan fingerprint density at radius 1 is 1.28 bits per heavy atom. The maximum atomic E-state index is 4.63. The third kappa shape index (κ3) is 3.08. The van der Waals surface area contributed by atoms with Gasteiger partial charge in [0.25, 0.3) is 0 Å². The number of nitrogens with one attached hydrogen (secondary N) is 1. The highest BCUT2D eigenvalue weighted by atomic mass is 32.2. The first kappa shape index (κ1) is 13.5. The van der Waals surface area contributed by atoms with E-state index in [0.717, 1.165) is 24.6 Å². The van der Waals surface area contributed by atoms with E-state index in [2.05, 4.69) is 49.3 Å². The summed E-state index contributed by atoms with van der Waals surface area (Å²) >= 11 is 1.84. The highest BCUT2D eigenvalue weighted by molar-refractivity contribution is 8.14. The summed E-state index contributed by atoms with van der Waals surface area (Å²) in [4.78, 5) is 4.63. The predicted octanol–water partition coefficient (Wildman–Crippen LogP) is 3.96. The van der Waals surface area contributed by atoms with E-state index in [1.165, 1.54) is 22.6 Å². The quantitative estimate of drug-likeness (QED) is 0.891. The van der Waals surface area contributed by atoms with Gasteiger partial charge in [0.1, 0.15) is 0 Å². The zero-order chi connectivity index (χ0) is 13.0. The number of hydrogen-bond acceptors (Lipinski definition) is 3. The molecule has 1 unspecified atom stereocenters. The Morgan fingerprint density at radius 3 is 2.44 bits per heavy atom. The molecule has 1 aliphatic heterocycles. The topological polar surface area (TPSA) is 24.4 Å². The standard InChI is InChI=1S/C15H22N2S/c1-4-12-7-6-8-13(5-2)14(12)17-15-16-9-11(3)10-18-15/h6-8,11H,4-5,9-10H2,1-3H3,(H,16,17). The molecule has 2 nitrogen and oxygen atoms in total. The Balaban J connectivity index is 2.22. The molecule has 0 saturated carbocycles. The smallest absolute Gasteiger partial charge is 0.161 e. The van der Waals surface area contributed by atoms with Crippen molar-refractivity contribution in [1.29, 1.82) is 0 Å². The van der Waals surface area contributed by atoms with E-state index in [1.807, 2.05) is 11.8 Å². The minimum atomic E-state index is 0.701. The first-order valence-electron chi connectivity index (χ1n) is 6.79. The molecule has 1 aromatic carbocycles. The Bertz CT molecular complexity index is 418. The first-order valence-corrected chi connectivity index (χ1v) is 7.78. The van der Waals surface area contributed by atoms with E-state index in [0.29, 0.717) is 5.92 Å². The fourth-order valence-corrected chi connectivity index (χ4v) is 3.03. The van der Waals surface area contributed by atoms with E-state index < -0.39 is 0 Å². The fraction of sp³-hybridized carbons (Fsp3) is 0.533. The molecule has 18 heavy (non-hydrogen) atoms. The molecule has 0 bridgehead atoms. The molecule has 1 aromatic rings. The van der Waals surface area contributed by atoms with Crippen LogP contribution in [0.4, 0.5) is 5.69 Å². The summed E-state index contributed by atoms with van der Waals surface area (Å²) in [5, 5.41) is 4.64. The average Bonchev–Trinajstić information content (AvgIpc) is 2.41. The van der Waals surface area contributed by atoms with E-state index in [4.69, 9.17) is 0 Å². The van der Waals surface area contributed by atoms with Crippen molar-refractivity contribution >= 4 is 22.6 Å². The number of aryl methyl sites for hydroxylation is 2. The lowest BCUT2D eigenvalue weighted by molar-refractivity contribution is 0.674. The van der Waals surface area contributed by atoms with Crippen LogP contribution in [0.3, 0.4) is 0 Å². The maximum absolute atomic E-state index is 4.63. The van der Waals surface area contributed by atoms with Crippen LogP contribution in [-0.4, -0.2) is 17.5 Å². The number of para-hydroxylation sites is 1. The zero-order valence-corrected chi connectivity index (χ0v) is 12.3. The van der Waals surface area contributed by atoms with Gasteiger partial charge in [-0.3, -0.25) is 4.99 Å². The van der Waals surface area contributed by atoms with Gasteiger partial charge in [-0.2, -0.15) is 0 Å². The van der Waals surface area contributed by atoms with Gasteiger partial charge < -0.3 is 5.32 Å². The number of nitrogens with zero attached hydrogens (tertiary/aromatic N) is 1. The van der Waals surface area contributed by atoms with Gasteiger partial charge in [0.2, 0.25) is 0 Å². The van der Waals surface area contributed by atoms with Crippen LogP contribution >= 0.6 is 11.8 Å². The largest absolute Gasteiger partial charge is 0.335 e. The van der Waals surface area contributed by atoms with Crippen molar-refractivity contribution in [2.75, 3.05) is 17.6 Å². The van der Waals surface area contributed by atoms with Gasteiger partial charge in [0, 0.05) is 18.0 Å². The number of aliphatic imine (C=N–C) groups is 1. The Hall–Kier alpha value is -0.960. The molecule has 98 valence electrons. The summed E-state index contributed by atoms with van der Waals surface area (Å²) in [5.74, 6) is 1.87. The Morgan fingerprint density at radius 2 is 1.94 bits per heavy atom. The molecule has 0 fully saturated rings. The summed E-state index contributed by atoms with van der Waals surface area (Å²) in [6.45, 7) is 7.62. The van der Waals surface area contributed by atoms with Gasteiger partial charge in [-0.1, -0.05) is 50.7 Å². The Labute approximate surface area is 114 Å². The molecule has 0 aliphatic carbocycles. The van der Waals surface area contributed by atoms with Crippen molar-refractivity contribution in [3.8, 4) is 0 Å². The van der Waals surface area contributed by atoms with Crippen molar-refractivity contribution in [2.24, 2.45) is 10.9 Å². The minimum Gasteiger partial charge on any atom is -0.335 e. The van der Waals surface area contributed by atoms with Gasteiger partial charge in [0.15, 0.2) is 5.17 Å². The molecule has 0 spiro atoms. The molecule has 1 N–H and O–H groups in total. The molecular formula is C15H22N2S. The van der Waals surface area contributed by atoms with Crippen molar-refractivity contribution in [2.45, 2.75) is 33.6 Å². The van der Waals surface area contributed by atoms with Crippen LogP contribution in [0.1, 0.15) is 31.9 Å². The summed E-state index contributed by atoms with van der Waals surface area (Å²) in [6.07, 6.45) is 2.12. The zero-order valence-electron chi connectivity index (χ0n) is 11.5. The second-order valence-corrected chi connectivity index (χ2v) is 5.85. The van der Waals surface area contributed by atoms with Crippen LogP contribution < -0.4 is 5.32 Å². The number of amidine groups is 1. The monoisotopic (exact) mass is 262 g/mol. The van der Waals surface area contributed by atoms with Crippen LogP contribution in [0, 0.1) is 5.92 Å². The fourth-order valence-electron chi connectivity index (χ4n) is 2.14. The second-order valence-electron chi connectivity index (χ2n) is 4.85. The normalized spacial score (nSPS) is 19.5. The number of rotatable bonds is 3. The molecule has 1 heterocycles. The lowest BCUT2D eigenvalue weighted by Gasteiger charge is -2.21. The van der Waals surface area contributed by atoms with E-state index >= 15 is 0 Å². The van der Waals surface area contributed by atoms with E-state index in [1.54, 1.807) is 0 Å². The first-order chi connectivity index (χ1) is 8.74. The van der Waals surface area contributed by atoms with Crippen LogP contribution in [0.15, 0.2) is 23.2 Å². The second kappa shape index (κ2) is 6.28. The molecular weight excluding hydrogens is 240 g/mol.